The van der Waals surface area contributed by atoms with Crippen molar-refractivity contribution in [3.05, 3.63) is 11.1 Å². The van der Waals surface area contributed by atoms with Crippen LogP contribution in [0.5, 0.6) is 0 Å². The minimum absolute atomic E-state index is 0.103. The average molecular weight is 282 g/mol. The second kappa shape index (κ2) is 5.69. The lowest BCUT2D eigenvalue weighted by Crippen LogP contribution is -2.21. The highest BCUT2D eigenvalue weighted by Crippen LogP contribution is 2.32. The second-order valence-electron chi connectivity index (χ2n) is 5.27. The molecule has 2 atom stereocenters. The number of hydrogen-bond acceptors (Lipinski definition) is 4. The molecule has 6 heteroatoms. The van der Waals surface area contributed by atoms with E-state index in [1.165, 1.54) is 11.3 Å². The van der Waals surface area contributed by atoms with E-state index in [2.05, 4.69) is 24.1 Å². The second-order valence-corrected chi connectivity index (χ2v) is 6.12. The summed E-state index contributed by atoms with van der Waals surface area (Å²) in [6, 6.07) is 0. The number of nitrogens with one attached hydrogen (secondary N) is 1. The van der Waals surface area contributed by atoms with Crippen LogP contribution in [0, 0.1) is 11.8 Å². The van der Waals surface area contributed by atoms with Crippen LogP contribution in [0.1, 0.15) is 44.7 Å². The number of nitrogens with zero attached hydrogens (tertiary/aromatic N) is 1. The number of rotatable bonds is 4. The van der Waals surface area contributed by atoms with E-state index in [1.54, 1.807) is 0 Å². The van der Waals surface area contributed by atoms with Crippen molar-refractivity contribution < 1.29 is 14.7 Å². The largest absolute Gasteiger partial charge is 0.481 e. The fraction of sp³-hybridized carbons (Fsp3) is 0.615. The molecule has 1 heterocycles. The highest BCUT2D eigenvalue weighted by molar-refractivity contribution is 7.13. The summed E-state index contributed by atoms with van der Waals surface area (Å²) in [7, 11) is 0. The molecule has 104 valence electrons. The summed E-state index contributed by atoms with van der Waals surface area (Å²) in [6.45, 7) is 4.10. The minimum Gasteiger partial charge on any atom is -0.481 e. The van der Waals surface area contributed by atoms with E-state index in [1.807, 2.05) is 5.38 Å². The van der Waals surface area contributed by atoms with Crippen LogP contribution in [-0.4, -0.2) is 22.0 Å². The number of carbonyl (C=O) groups excluding carboxylic acids is 1. The van der Waals surface area contributed by atoms with E-state index in [-0.39, 0.29) is 17.7 Å². The third-order valence-electron chi connectivity index (χ3n) is 3.50. The van der Waals surface area contributed by atoms with E-state index < -0.39 is 5.97 Å². The predicted octanol–water partition coefficient (Wildman–Crippen LogP) is 2.71. The third-order valence-corrected chi connectivity index (χ3v) is 4.27. The van der Waals surface area contributed by atoms with Gasteiger partial charge in [0.1, 0.15) is 0 Å². The van der Waals surface area contributed by atoms with Gasteiger partial charge >= 0.3 is 5.97 Å². The van der Waals surface area contributed by atoms with Crippen molar-refractivity contribution >= 4 is 28.3 Å². The topological polar surface area (TPSA) is 79.3 Å². The number of carboxylic acids is 1. The Morgan fingerprint density at radius 2 is 2.11 bits per heavy atom. The zero-order chi connectivity index (χ0) is 14.0. The maximum Gasteiger partial charge on any atom is 0.306 e. The van der Waals surface area contributed by atoms with Crippen molar-refractivity contribution in [1.82, 2.24) is 4.98 Å². The monoisotopic (exact) mass is 282 g/mol. The molecule has 2 rings (SSSR count). The fourth-order valence-corrected chi connectivity index (χ4v) is 3.14. The number of aliphatic carboxylic acids is 1. The Morgan fingerprint density at radius 3 is 2.63 bits per heavy atom. The van der Waals surface area contributed by atoms with Gasteiger partial charge in [0.25, 0.3) is 0 Å². The quantitative estimate of drug-likeness (QED) is 0.890. The zero-order valence-electron chi connectivity index (χ0n) is 11.0. The summed E-state index contributed by atoms with van der Waals surface area (Å²) in [5.41, 5.74) is 0.968. The van der Waals surface area contributed by atoms with Gasteiger partial charge in [-0.05, 0) is 25.2 Å². The molecule has 0 spiro atoms. The van der Waals surface area contributed by atoms with Crippen LogP contribution in [0.3, 0.4) is 0 Å². The molecule has 1 aromatic heterocycles. The molecule has 2 N–H and O–H groups in total. The van der Waals surface area contributed by atoms with Crippen molar-refractivity contribution in [3.8, 4) is 0 Å². The lowest BCUT2D eigenvalue weighted by molar-refractivity contribution is -0.141. The van der Waals surface area contributed by atoms with Crippen LogP contribution in [0.4, 0.5) is 5.13 Å². The zero-order valence-corrected chi connectivity index (χ0v) is 11.9. The van der Waals surface area contributed by atoms with Crippen molar-refractivity contribution in [1.29, 1.82) is 0 Å². The summed E-state index contributed by atoms with van der Waals surface area (Å²) >= 11 is 1.41. The number of hydrogen-bond donors (Lipinski definition) is 2. The molecule has 1 aromatic rings. The van der Waals surface area contributed by atoms with E-state index in [4.69, 9.17) is 5.11 Å². The first-order chi connectivity index (χ1) is 8.97. The first-order valence-corrected chi connectivity index (χ1v) is 7.34. The maximum atomic E-state index is 12.0. The number of thiazole rings is 1. The molecule has 2 unspecified atom stereocenters. The lowest BCUT2D eigenvalue weighted by Gasteiger charge is -2.08. The van der Waals surface area contributed by atoms with Gasteiger partial charge in [-0.1, -0.05) is 13.8 Å². The van der Waals surface area contributed by atoms with Crippen LogP contribution < -0.4 is 5.32 Å². The van der Waals surface area contributed by atoms with Gasteiger partial charge in [0.15, 0.2) is 5.13 Å². The Hall–Kier alpha value is -1.43. The number of aromatic nitrogens is 1. The van der Waals surface area contributed by atoms with Crippen LogP contribution in [0.15, 0.2) is 5.38 Å². The number of anilines is 1. The Morgan fingerprint density at radius 1 is 1.42 bits per heavy atom. The molecule has 0 bridgehead atoms. The standard InChI is InChI=1S/C13H18N2O3S/c1-7(2)10-6-19-13(14-10)15-11(16)8-3-4-9(5-8)12(17)18/h6-9H,3-5H2,1-2H3,(H,17,18)(H,14,15,16). The minimum atomic E-state index is -0.799. The summed E-state index contributed by atoms with van der Waals surface area (Å²) in [6.07, 6.45) is 1.66. The van der Waals surface area contributed by atoms with Gasteiger partial charge in [-0.2, -0.15) is 0 Å². The first kappa shape index (κ1) is 14.0. The Kier molecular flexibility index (Phi) is 4.19. The maximum absolute atomic E-state index is 12.0. The molecule has 19 heavy (non-hydrogen) atoms. The Labute approximate surface area is 116 Å². The molecule has 0 saturated heterocycles. The van der Waals surface area contributed by atoms with E-state index >= 15 is 0 Å². The molecule has 0 radical (unpaired) electrons. The van der Waals surface area contributed by atoms with Gasteiger partial charge in [0.2, 0.25) is 5.91 Å². The smallest absolute Gasteiger partial charge is 0.306 e. The molecule has 0 aliphatic heterocycles. The highest BCUT2D eigenvalue weighted by Gasteiger charge is 2.34. The van der Waals surface area contributed by atoms with Crippen molar-refractivity contribution in [3.63, 3.8) is 0 Å². The van der Waals surface area contributed by atoms with Crippen LogP contribution in [-0.2, 0) is 9.59 Å². The molecular weight excluding hydrogens is 264 g/mol. The SMILES string of the molecule is CC(C)c1csc(NC(=O)C2CCC(C(=O)O)C2)n1. The van der Waals surface area contributed by atoms with Gasteiger partial charge in [-0.3, -0.25) is 9.59 Å². The molecule has 1 saturated carbocycles. The van der Waals surface area contributed by atoms with Crippen LogP contribution in [0.2, 0.25) is 0 Å². The van der Waals surface area contributed by atoms with E-state index in [0.717, 1.165) is 5.69 Å². The average Bonchev–Trinajstić information content (AvgIpc) is 2.96. The van der Waals surface area contributed by atoms with Gasteiger partial charge in [0.05, 0.1) is 11.6 Å². The summed E-state index contributed by atoms with van der Waals surface area (Å²) in [4.78, 5) is 27.2. The molecule has 1 aliphatic rings. The van der Waals surface area contributed by atoms with Crippen LogP contribution in [0.25, 0.3) is 0 Å². The van der Waals surface area contributed by atoms with E-state index in [9.17, 15) is 9.59 Å². The van der Waals surface area contributed by atoms with Gasteiger partial charge in [0, 0.05) is 11.3 Å². The lowest BCUT2D eigenvalue weighted by atomic mass is 10.0. The van der Waals surface area contributed by atoms with Crippen LogP contribution >= 0.6 is 11.3 Å². The van der Waals surface area contributed by atoms with Crippen molar-refractivity contribution in [2.75, 3.05) is 5.32 Å². The molecular formula is C13H18N2O3S. The summed E-state index contributed by atoms with van der Waals surface area (Å²) in [5.74, 6) is -1.14. The fourth-order valence-electron chi connectivity index (χ4n) is 2.26. The van der Waals surface area contributed by atoms with Gasteiger partial charge in [-0.15, -0.1) is 11.3 Å². The molecule has 1 fully saturated rings. The number of carbonyl (C=O) groups is 2. The summed E-state index contributed by atoms with van der Waals surface area (Å²) < 4.78 is 0. The molecule has 5 nitrogen and oxygen atoms in total. The molecule has 0 aromatic carbocycles. The van der Waals surface area contributed by atoms with Crippen molar-refractivity contribution in [2.45, 2.75) is 39.0 Å². The van der Waals surface area contributed by atoms with E-state index in [0.29, 0.717) is 30.3 Å². The highest BCUT2D eigenvalue weighted by atomic mass is 32.1. The normalized spacial score (nSPS) is 22.7. The Balaban J connectivity index is 1.92. The molecule has 1 amide bonds. The molecule has 1 aliphatic carbocycles. The number of carboxylic acid groups (broad SMARTS) is 1. The predicted molar refractivity (Wildman–Crippen MR) is 73.3 cm³/mol. The summed E-state index contributed by atoms with van der Waals surface area (Å²) in [5, 5.41) is 14.3. The van der Waals surface area contributed by atoms with Crippen molar-refractivity contribution in [2.24, 2.45) is 11.8 Å². The Bertz CT molecular complexity index is 484. The third kappa shape index (κ3) is 3.32. The number of amides is 1. The first-order valence-electron chi connectivity index (χ1n) is 6.46. The van der Waals surface area contributed by atoms with Gasteiger partial charge < -0.3 is 10.4 Å². The van der Waals surface area contributed by atoms with Gasteiger partial charge in [-0.25, -0.2) is 4.98 Å².